The van der Waals surface area contributed by atoms with Gasteiger partial charge in [0, 0.05) is 45.2 Å². The first kappa shape index (κ1) is 21.9. The summed E-state index contributed by atoms with van der Waals surface area (Å²) in [5.41, 5.74) is 2.03. The summed E-state index contributed by atoms with van der Waals surface area (Å²) < 4.78 is 37.8. The number of benzene rings is 1. The lowest BCUT2D eigenvalue weighted by molar-refractivity contribution is -0.136. The first-order chi connectivity index (χ1) is 15.2. The Morgan fingerprint density at radius 1 is 1.22 bits per heavy atom. The van der Waals surface area contributed by atoms with Crippen LogP contribution < -0.4 is 5.32 Å². The standard InChI is InChI=1S/C23H24F2N4O3/c1-13-4-5-29-20(11-17-12-28(15(3)31)6-7-32-17)23(27-21(29)8-13)22-18(24)9-16(10-19(22)25)26-14(2)30/h4-5,8-10,17H,6-7,11-12H2,1-3H3,(H,26,30). The van der Waals surface area contributed by atoms with Gasteiger partial charge < -0.3 is 19.4 Å². The molecule has 0 aliphatic carbocycles. The average molecular weight is 442 g/mol. The third kappa shape index (κ3) is 4.34. The number of amides is 2. The second-order valence-electron chi connectivity index (χ2n) is 8.00. The van der Waals surface area contributed by atoms with E-state index in [1.54, 1.807) is 9.30 Å². The van der Waals surface area contributed by atoms with Crippen molar-refractivity contribution in [3.63, 3.8) is 0 Å². The van der Waals surface area contributed by atoms with Gasteiger partial charge in [-0.05, 0) is 36.8 Å². The van der Waals surface area contributed by atoms with E-state index in [0.29, 0.717) is 37.5 Å². The normalized spacial score (nSPS) is 16.4. The number of hydrogen-bond donors (Lipinski definition) is 1. The maximum Gasteiger partial charge on any atom is 0.221 e. The Kier molecular flexibility index (Phi) is 5.92. The summed E-state index contributed by atoms with van der Waals surface area (Å²) in [6.07, 6.45) is 1.79. The highest BCUT2D eigenvalue weighted by atomic mass is 19.1. The van der Waals surface area contributed by atoms with Crippen LogP contribution in [0.5, 0.6) is 0 Å². The molecule has 3 heterocycles. The topological polar surface area (TPSA) is 75.9 Å². The Balaban J connectivity index is 1.80. The van der Waals surface area contributed by atoms with Crippen molar-refractivity contribution in [2.45, 2.75) is 33.3 Å². The van der Waals surface area contributed by atoms with E-state index in [1.807, 2.05) is 25.3 Å². The molecule has 1 atom stereocenters. The molecule has 3 aromatic rings. The Labute approximate surface area is 184 Å². The first-order valence-corrected chi connectivity index (χ1v) is 10.3. The van der Waals surface area contributed by atoms with Crippen molar-refractivity contribution in [1.82, 2.24) is 14.3 Å². The molecule has 7 nitrogen and oxygen atoms in total. The van der Waals surface area contributed by atoms with Gasteiger partial charge >= 0.3 is 0 Å². The van der Waals surface area contributed by atoms with Gasteiger partial charge in [0.05, 0.1) is 29.7 Å². The molecule has 9 heteroatoms. The van der Waals surface area contributed by atoms with Crippen molar-refractivity contribution in [3.05, 3.63) is 53.4 Å². The van der Waals surface area contributed by atoms with E-state index in [9.17, 15) is 9.59 Å². The van der Waals surface area contributed by atoms with Crippen LogP contribution in [-0.2, 0) is 20.7 Å². The predicted octanol–water partition coefficient (Wildman–Crippen LogP) is 3.34. The van der Waals surface area contributed by atoms with Crippen molar-refractivity contribution in [3.8, 4) is 11.3 Å². The molecule has 1 aromatic carbocycles. The van der Waals surface area contributed by atoms with Crippen molar-refractivity contribution in [2.75, 3.05) is 25.0 Å². The van der Waals surface area contributed by atoms with Crippen LogP contribution in [0.3, 0.4) is 0 Å². The Bertz CT molecular complexity index is 1180. The number of hydrogen-bond acceptors (Lipinski definition) is 4. The lowest BCUT2D eigenvalue weighted by Crippen LogP contribution is -2.45. The Morgan fingerprint density at radius 3 is 2.59 bits per heavy atom. The molecule has 2 amide bonds. The number of aryl methyl sites for hydroxylation is 1. The van der Waals surface area contributed by atoms with Crippen LogP contribution in [0.1, 0.15) is 25.1 Å². The van der Waals surface area contributed by atoms with Crippen LogP contribution in [0.4, 0.5) is 14.5 Å². The van der Waals surface area contributed by atoms with Crippen molar-refractivity contribution < 1.29 is 23.1 Å². The van der Waals surface area contributed by atoms with E-state index in [-0.39, 0.29) is 29.0 Å². The van der Waals surface area contributed by atoms with Crippen LogP contribution in [-0.4, -0.2) is 51.9 Å². The lowest BCUT2D eigenvalue weighted by Gasteiger charge is -2.32. The van der Waals surface area contributed by atoms with Gasteiger partial charge in [-0.3, -0.25) is 9.59 Å². The number of pyridine rings is 1. The highest BCUT2D eigenvalue weighted by Gasteiger charge is 2.27. The molecule has 4 rings (SSSR count). The number of morpholine rings is 1. The third-order valence-corrected chi connectivity index (χ3v) is 5.48. The van der Waals surface area contributed by atoms with Crippen molar-refractivity contribution in [1.29, 1.82) is 0 Å². The summed E-state index contributed by atoms with van der Waals surface area (Å²) in [6, 6.07) is 5.87. The monoisotopic (exact) mass is 442 g/mol. The van der Waals surface area contributed by atoms with Crippen molar-refractivity contribution >= 4 is 23.1 Å². The van der Waals surface area contributed by atoms with E-state index >= 15 is 8.78 Å². The summed E-state index contributed by atoms with van der Waals surface area (Å²) in [5.74, 6) is -2.13. The zero-order valence-electron chi connectivity index (χ0n) is 18.1. The number of carbonyl (C=O) groups is 2. The fourth-order valence-corrected chi connectivity index (χ4v) is 4.01. The van der Waals surface area contributed by atoms with Crippen LogP contribution >= 0.6 is 0 Å². The van der Waals surface area contributed by atoms with Gasteiger partial charge in [0.15, 0.2) is 0 Å². The van der Waals surface area contributed by atoms with Gasteiger partial charge in [0.25, 0.3) is 0 Å². The van der Waals surface area contributed by atoms with E-state index in [1.165, 1.54) is 13.8 Å². The maximum atomic E-state index is 15.1. The van der Waals surface area contributed by atoms with Crippen LogP contribution in [0.15, 0.2) is 30.5 Å². The number of carbonyl (C=O) groups excluding carboxylic acids is 2. The van der Waals surface area contributed by atoms with Crippen LogP contribution in [0.2, 0.25) is 0 Å². The molecular weight excluding hydrogens is 418 g/mol. The fraction of sp³-hybridized carbons (Fsp3) is 0.348. The zero-order valence-corrected chi connectivity index (χ0v) is 18.1. The summed E-state index contributed by atoms with van der Waals surface area (Å²) in [7, 11) is 0. The molecular formula is C23H24F2N4O3. The number of anilines is 1. The zero-order chi connectivity index (χ0) is 23.0. The number of imidazole rings is 1. The van der Waals surface area contributed by atoms with Gasteiger partial charge in [-0.1, -0.05) is 0 Å². The maximum absolute atomic E-state index is 15.1. The summed E-state index contributed by atoms with van der Waals surface area (Å²) >= 11 is 0. The number of ether oxygens (including phenoxy) is 1. The SMILES string of the molecule is CC(=O)Nc1cc(F)c(-c2nc3cc(C)ccn3c2CC2CN(C(C)=O)CCO2)c(F)c1. The van der Waals surface area contributed by atoms with Gasteiger partial charge in [-0.2, -0.15) is 0 Å². The van der Waals surface area contributed by atoms with Gasteiger partial charge in [0.1, 0.15) is 17.3 Å². The van der Waals surface area contributed by atoms with E-state index in [4.69, 9.17) is 4.74 Å². The van der Waals surface area contributed by atoms with Crippen LogP contribution in [0, 0.1) is 18.6 Å². The molecule has 0 spiro atoms. The van der Waals surface area contributed by atoms with Gasteiger partial charge in [-0.25, -0.2) is 13.8 Å². The summed E-state index contributed by atoms with van der Waals surface area (Å²) in [6.45, 7) is 5.97. The minimum atomic E-state index is -0.829. The molecule has 1 fully saturated rings. The predicted molar refractivity (Wildman–Crippen MR) is 115 cm³/mol. The molecule has 1 unspecified atom stereocenters. The second-order valence-corrected chi connectivity index (χ2v) is 8.00. The van der Waals surface area contributed by atoms with Crippen molar-refractivity contribution in [2.24, 2.45) is 0 Å². The number of rotatable bonds is 4. The van der Waals surface area contributed by atoms with Crippen LogP contribution in [0.25, 0.3) is 16.9 Å². The minimum absolute atomic E-state index is 0.0325. The van der Waals surface area contributed by atoms with E-state index in [0.717, 1.165) is 17.7 Å². The highest BCUT2D eigenvalue weighted by Crippen LogP contribution is 2.33. The second kappa shape index (κ2) is 8.66. The Morgan fingerprint density at radius 2 is 1.94 bits per heavy atom. The first-order valence-electron chi connectivity index (χ1n) is 10.3. The number of halogens is 2. The number of aromatic nitrogens is 2. The molecule has 0 bridgehead atoms. The molecule has 1 saturated heterocycles. The average Bonchev–Trinajstić information content (AvgIpc) is 3.04. The highest BCUT2D eigenvalue weighted by molar-refractivity contribution is 5.89. The number of nitrogens with zero attached hydrogens (tertiary/aromatic N) is 3. The molecule has 0 radical (unpaired) electrons. The molecule has 2 aromatic heterocycles. The summed E-state index contributed by atoms with van der Waals surface area (Å²) in [4.78, 5) is 29.3. The number of fused-ring (bicyclic) bond motifs is 1. The third-order valence-electron chi connectivity index (χ3n) is 5.48. The minimum Gasteiger partial charge on any atom is -0.374 e. The van der Waals surface area contributed by atoms with Gasteiger partial charge in [-0.15, -0.1) is 0 Å². The quantitative estimate of drug-likeness (QED) is 0.673. The smallest absolute Gasteiger partial charge is 0.221 e. The van der Waals surface area contributed by atoms with E-state index < -0.39 is 17.5 Å². The molecule has 1 aliphatic rings. The molecule has 32 heavy (non-hydrogen) atoms. The molecule has 0 saturated carbocycles. The molecule has 1 aliphatic heterocycles. The van der Waals surface area contributed by atoms with Gasteiger partial charge in [0.2, 0.25) is 11.8 Å². The summed E-state index contributed by atoms with van der Waals surface area (Å²) in [5, 5.41) is 2.39. The largest absolute Gasteiger partial charge is 0.374 e. The number of nitrogens with one attached hydrogen (secondary N) is 1. The molecule has 1 N–H and O–H groups in total. The fourth-order valence-electron chi connectivity index (χ4n) is 4.01. The Hall–Kier alpha value is -3.33. The molecule has 168 valence electrons. The van der Waals surface area contributed by atoms with E-state index in [2.05, 4.69) is 10.3 Å². The lowest BCUT2D eigenvalue weighted by atomic mass is 10.0.